The number of rotatable bonds is 5. The van der Waals surface area contributed by atoms with E-state index in [9.17, 15) is 5.11 Å². The van der Waals surface area contributed by atoms with Crippen molar-refractivity contribution < 1.29 is 9.84 Å². The zero-order chi connectivity index (χ0) is 11.6. The number of hydrogen-bond acceptors (Lipinski definition) is 2. The molecule has 2 heteroatoms. The zero-order valence-corrected chi connectivity index (χ0v) is 10.0. The topological polar surface area (TPSA) is 29.5 Å². The van der Waals surface area contributed by atoms with Crippen LogP contribution in [0.1, 0.15) is 19.4 Å². The van der Waals surface area contributed by atoms with Crippen LogP contribution in [0.15, 0.2) is 30.3 Å². The molecule has 88 valence electrons. The van der Waals surface area contributed by atoms with Crippen LogP contribution in [0.4, 0.5) is 0 Å². The van der Waals surface area contributed by atoms with E-state index in [0.29, 0.717) is 18.4 Å². The highest BCUT2D eigenvalue weighted by Gasteiger charge is 2.56. The van der Waals surface area contributed by atoms with Crippen LogP contribution in [0.25, 0.3) is 0 Å². The smallest absolute Gasteiger partial charge is 0.0717 e. The molecule has 1 aliphatic carbocycles. The van der Waals surface area contributed by atoms with E-state index >= 15 is 0 Å². The first-order valence-electron chi connectivity index (χ1n) is 5.88. The number of ether oxygens (including phenoxy) is 1. The molecule has 2 nitrogen and oxygen atoms in total. The van der Waals surface area contributed by atoms with Crippen molar-refractivity contribution >= 4 is 0 Å². The summed E-state index contributed by atoms with van der Waals surface area (Å²) in [4.78, 5) is 0. The highest BCUT2D eigenvalue weighted by Crippen LogP contribution is 2.57. The Hall–Kier alpha value is -0.860. The third-order valence-corrected chi connectivity index (χ3v) is 3.89. The number of benzene rings is 1. The number of aliphatic hydroxyl groups excluding tert-OH is 1. The Morgan fingerprint density at radius 2 is 1.88 bits per heavy atom. The first-order valence-corrected chi connectivity index (χ1v) is 5.88. The van der Waals surface area contributed by atoms with E-state index in [4.69, 9.17) is 4.74 Å². The van der Waals surface area contributed by atoms with Gasteiger partial charge in [-0.05, 0) is 22.8 Å². The maximum atomic E-state index is 9.17. The molecule has 0 saturated heterocycles. The Kier molecular flexibility index (Phi) is 3.31. The summed E-state index contributed by atoms with van der Waals surface area (Å²) in [5.41, 5.74) is 1.47. The van der Waals surface area contributed by atoms with Crippen molar-refractivity contribution in [1.82, 2.24) is 0 Å². The lowest BCUT2D eigenvalue weighted by Crippen LogP contribution is -2.01. The highest BCUT2D eigenvalue weighted by atomic mass is 16.5. The van der Waals surface area contributed by atoms with E-state index in [2.05, 4.69) is 26.0 Å². The SMILES string of the molecule is CC1(C)[C@@H](CO)[C@@H]1COCc1ccccc1. The van der Waals surface area contributed by atoms with Gasteiger partial charge in [0.15, 0.2) is 0 Å². The fraction of sp³-hybridized carbons (Fsp3) is 0.571. The summed E-state index contributed by atoms with van der Waals surface area (Å²) < 4.78 is 5.70. The second-order valence-corrected chi connectivity index (χ2v) is 5.22. The molecule has 1 aromatic carbocycles. The molecule has 1 saturated carbocycles. The Labute approximate surface area is 97.3 Å². The maximum Gasteiger partial charge on any atom is 0.0717 e. The van der Waals surface area contributed by atoms with Gasteiger partial charge in [-0.15, -0.1) is 0 Å². The van der Waals surface area contributed by atoms with E-state index < -0.39 is 0 Å². The van der Waals surface area contributed by atoms with Crippen LogP contribution < -0.4 is 0 Å². The predicted molar refractivity (Wildman–Crippen MR) is 63.9 cm³/mol. The third kappa shape index (κ3) is 2.28. The molecule has 0 amide bonds. The average molecular weight is 220 g/mol. The van der Waals surface area contributed by atoms with Gasteiger partial charge in [0.2, 0.25) is 0 Å². The number of aliphatic hydroxyl groups is 1. The van der Waals surface area contributed by atoms with Crippen LogP contribution in [0.3, 0.4) is 0 Å². The van der Waals surface area contributed by atoms with Gasteiger partial charge in [0.05, 0.1) is 13.2 Å². The number of hydrogen-bond donors (Lipinski definition) is 1. The molecule has 0 radical (unpaired) electrons. The summed E-state index contributed by atoms with van der Waals surface area (Å²) >= 11 is 0. The summed E-state index contributed by atoms with van der Waals surface area (Å²) in [5, 5.41) is 9.17. The van der Waals surface area contributed by atoms with Crippen molar-refractivity contribution in [2.24, 2.45) is 17.3 Å². The maximum absolute atomic E-state index is 9.17. The van der Waals surface area contributed by atoms with Gasteiger partial charge in [0, 0.05) is 6.61 Å². The van der Waals surface area contributed by atoms with Gasteiger partial charge >= 0.3 is 0 Å². The fourth-order valence-corrected chi connectivity index (χ4v) is 2.43. The first-order chi connectivity index (χ1) is 7.66. The minimum Gasteiger partial charge on any atom is -0.396 e. The van der Waals surface area contributed by atoms with Crippen molar-refractivity contribution in [2.75, 3.05) is 13.2 Å². The standard InChI is InChI=1S/C14H20O2/c1-14(2)12(8-15)13(14)10-16-9-11-6-4-3-5-7-11/h3-7,12-13,15H,8-10H2,1-2H3/t12-,13-/m0/s1. The van der Waals surface area contributed by atoms with E-state index in [0.717, 1.165) is 6.61 Å². The molecule has 2 rings (SSSR count). The minimum absolute atomic E-state index is 0.255. The van der Waals surface area contributed by atoms with Crippen LogP contribution in [-0.4, -0.2) is 18.3 Å². The van der Waals surface area contributed by atoms with E-state index in [1.54, 1.807) is 0 Å². The summed E-state index contributed by atoms with van der Waals surface area (Å²) in [6, 6.07) is 10.2. The van der Waals surface area contributed by atoms with Crippen LogP contribution in [0.2, 0.25) is 0 Å². The van der Waals surface area contributed by atoms with E-state index in [1.807, 2.05) is 18.2 Å². The van der Waals surface area contributed by atoms with Gasteiger partial charge in [-0.3, -0.25) is 0 Å². The highest BCUT2D eigenvalue weighted by molar-refractivity contribution is 5.13. The van der Waals surface area contributed by atoms with Crippen LogP contribution in [-0.2, 0) is 11.3 Å². The van der Waals surface area contributed by atoms with Gasteiger partial charge < -0.3 is 9.84 Å². The lowest BCUT2D eigenvalue weighted by atomic mass is 10.1. The van der Waals surface area contributed by atoms with Gasteiger partial charge in [-0.2, -0.15) is 0 Å². The molecule has 0 bridgehead atoms. The molecule has 1 N–H and O–H groups in total. The second-order valence-electron chi connectivity index (χ2n) is 5.22. The Morgan fingerprint density at radius 3 is 2.44 bits per heavy atom. The zero-order valence-electron chi connectivity index (χ0n) is 10.0. The molecule has 16 heavy (non-hydrogen) atoms. The average Bonchev–Trinajstić information content (AvgIpc) is 2.81. The van der Waals surface area contributed by atoms with Gasteiger partial charge in [-0.1, -0.05) is 44.2 Å². The van der Waals surface area contributed by atoms with Crippen molar-refractivity contribution in [3.63, 3.8) is 0 Å². The molecule has 0 heterocycles. The lowest BCUT2D eigenvalue weighted by molar-refractivity contribution is 0.0997. The molecule has 1 aliphatic rings. The Bertz CT molecular complexity index is 332. The summed E-state index contributed by atoms with van der Waals surface area (Å²) in [7, 11) is 0. The summed E-state index contributed by atoms with van der Waals surface area (Å²) in [6.07, 6.45) is 0. The molecule has 0 aliphatic heterocycles. The first kappa shape index (κ1) is 11.6. The summed E-state index contributed by atoms with van der Waals surface area (Å²) in [5.74, 6) is 0.935. The normalized spacial score (nSPS) is 26.7. The molecule has 1 fully saturated rings. The van der Waals surface area contributed by atoms with Crippen molar-refractivity contribution in [1.29, 1.82) is 0 Å². The van der Waals surface area contributed by atoms with Crippen molar-refractivity contribution in [3.8, 4) is 0 Å². The van der Waals surface area contributed by atoms with Crippen molar-refractivity contribution in [2.45, 2.75) is 20.5 Å². The van der Waals surface area contributed by atoms with Gasteiger partial charge in [-0.25, -0.2) is 0 Å². The molecular formula is C14H20O2. The van der Waals surface area contributed by atoms with Gasteiger partial charge in [0.25, 0.3) is 0 Å². The van der Waals surface area contributed by atoms with Crippen LogP contribution in [0.5, 0.6) is 0 Å². The lowest BCUT2D eigenvalue weighted by Gasteiger charge is -2.05. The van der Waals surface area contributed by atoms with Crippen LogP contribution in [0, 0.1) is 17.3 Å². The molecule has 1 aromatic rings. The fourth-order valence-electron chi connectivity index (χ4n) is 2.43. The van der Waals surface area contributed by atoms with Gasteiger partial charge in [0.1, 0.15) is 0 Å². The van der Waals surface area contributed by atoms with E-state index in [1.165, 1.54) is 5.56 Å². The van der Waals surface area contributed by atoms with E-state index in [-0.39, 0.29) is 12.0 Å². The Balaban J connectivity index is 1.74. The molecule has 0 spiro atoms. The molecular weight excluding hydrogens is 200 g/mol. The largest absolute Gasteiger partial charge is 0.396 e. The monoisotopic (exact) mass is 220 g/mol. The Morgan fingerprint density at radius 1 is 1.19 bits per heavy atom. The third-order valence-electron chi connectivity index (χ3n) is 3.89. The second kappa shape index (κ2) is 4.56. The summed E-state index contributed by atoms with van der Waals surface area (Å²) in [6.45, 7) is 6.11. The molecule has 0 aromatic heterocycles. The van der Waals surface area contributed by atoms with Crippen molar-refractivity contribution in [3.05, 3.63) is 35.9 Å². The minimum atomic E-state index is 0.255. The van der Waals surface area contributed by atoms with Crippen LogP contribution >= 0.6 is 0 Å². The molecule has 2 atom stereocenters. The predicted octanol–water partition coefficient (Wildman–Crippen LogP) is 2.47. The quantitative estimate of drug-likeness (QED) is 0.826. The molecule has 0 unspecified atom stereocenters.